The summed E-state index contributed by atoms with van der Waals surface area (Å²) in [5.41, 5.74) is -1.03. The summed E-state index contributed by atoms with van der Waals surface area (Å²) in [4.78, 5) is 36.6. The van der Waals surface area contributed by atoms with Gasteiger partial charge in [-0.25, -0.2) is 4.79 Å². The molecule has 1 unspecified atom stereocenters. The van der Waals surface area contributed by atoms with Crippen molar-refractivity contribution in [3.63, 3.8) is 0 Å². The number of hydrogen-bond donors (Lipinski definition) is 2. The number of carboxylic acids is 1. The van der Waals surface area contributed by atoms with Gasteiger partial charge in [-0.15, -0.1) is 0 Å². The molecule has 0 saturated carbocycles. The molecule has 0 spiro atoms. The minimum atomic E-state index is -1.51. The Labute approximate surface area is 122 Å². The molecule has 0 radical (unpaired) electrons. The van der Waals surface area contributed by atoms with Crippen molar-refractivity contribution in [1.82, 2.24) is 10.2 Å². The molecule has 1 aromatic carbocycles. The Morgan fingerprint density at radius 3 is 2.52 bits per heavy atom. The van der Waals surface area contributed by atoms with Gasteiger partial charge in [-0.1, -0.05) is 30.3 Å². The van der Waals surface area contributed by atoms with Crippen molar-refractivity contribution in [2.45, 2.75) is 25.3 Å². The van der Waals surface area contributed by atoms with E-state index in [4.69, 9.17) is 0 Å². The molecule has 0 aliphatic carbocycles. The van der Waals surface area contributed by atoms with Gasteiger partial charge in [0, 0.05) is 13.0 Å². The second-order valence-corrected chi connectivity index (χ2v) is 5.26. The average molecular weight is 290 g/mol. The Morgan fingerprint density at radius 1 is 1.33 bits per heavy atom. The van der Waals surface area contributed by atoms with E-state index in [1.165, 1.54) is 11.8 Å². The van der Waals surface area contributed by atoms with Crippen LogP contribution < -0.4 is 5.32 Å². The highest BCUT2D eigenvalue weighted by Crippen LogP contribution is 2.21. The van der Waals surface area contributed by atoms with Gasteiger partial charge in [-0.2, -0.15) is 0 Å². The topological polar surface area (TPSA) is 86.7 Å². The maximum atomic E-state index is 12.1. The van der Waals surface area contributed by atoms with E-state index < -0.39 is 17.4 Å². The number of carboxylic acid groups (broad SMARTS) is 1. The molecular formula is C15H18N2O4. The number of aliphatic carboxylic acids is 1. The molecule has 1 aliphatic rings. The lowest BCUT2D eigenvalue weighted by Gasteiger charge is -2.28. The van der Waals surface area contributed by atoms with Gasteiger partial charge < -0.3 is 15.3 Å². The molecular weight excluding hydrogens is 272 g/mol. The molecule has 21 heavy (non-hydrogen) atoms. The molecule has 1 saturated heterocycles. The Hall–Kier alpha value is -2.37. The number of carbonyl (C=O) groups is 3. The van der Waals surface area contributed by atoms with E-state index in [1.807, 2.05) is 0 Å². The SMILES string of the molecule is CC(NC(=O)CN1CCCC1=O)(C(=O)O)c1ccccc1. The molecule has 1 aromatic rings. The van der Waals surface area contributed by atoms with E-state index in [-0.39, 0.29) is 12.5 Å². The van der Waals surface area contributed by atoms with Crippen LogP contribution in [0.1, 0.15) is 25.3 Å². The molecule has 1 fully saturated rings. The van der Waals surface area contributed by atoms with Crippen molar-refractivity contribution < 1.29 is 19.5 Å². The van der Waals surface area contributed by atoms with Crippen LogP contribution >= 0.6 is 0 Å². The van der Waals surface area contributed by atoms with E-state index >= 15 is 0 Å². The molecule has 1 heterocycles. The summed E-state index contributed by atoms with van der Waals surface area (Å²) < 4.78 is 0. The minimum absolute atomic E-state index is 0.0677. The fourth-order valence-corrected chi connectivity index (χ4v) is 2.38. The van der Waals surface area contributed by atoms with Crippen molar-refractivity contribution in [2.24, 2.45) is 0 Å². The van der Waals surface area contributed by atoms with Crippen molar-refractivity contribution in [3.05, 3.63) is 35.9 Å². The highest BCUT2D eigenvalue weighted by atomic mass is 16.4. The second kappa shape index (κ2) is 5.95. The Balaban J connectivity index is 2.11. The van der Waals surface area contributed by atoms with Crippen LogP contribution in [0.3, 0.4) is 0 Å². The van der Waals surface area contributed by atoms with Gasteiger partial charge in [0.2, 0.25) is 11.8 Å². The molecule has 2 N–H and O–H groups in total. The Morgan fingerprint density at radius 2 is 2.00 bits per heavy atom. The molecule has 1 aliphatic heterocycles. The third kappa shape index (κ3) is 3.21. The fourth-order valence-electron chi connectivity index (χ4n) is 2.38. The Kier molecular flexibility index (Phi) is 4.26. The number of carbonyl (C=O) groups excluding carboxylic acids is 2. The predicted molar refractivity (Wildman–Crippen MR) is 75.4 cm³/mol. The lowest BCUT2D eigenvalue weighted by Crippen LogP contribution is -2.52. The molecule has 1 atom stereocenters. The number of benzene rings is 1. The average Bonchev–Trinajstić information content (AvgIpc) is 2.84. The van der Waals surface area contributed by atoms with Crippen molar-refractivity contribution >= 4 is 17.8 Å². The number of nitrogens with zero attached hydrogens (tertiary/aromatic N) is 1. The maximum Gasteiger partial charge on any atom is 0.333 e. The standard InChI is InChI=1S/C15H18N2O4/c1-15(14(20)21,11-6-3-2-4-7-11)16-12(18)10-17-9-5-8-13(17)19/h2-4,6-7H,5,8-10H2,1H3,(H,16,18)(H,20,21). The van der Waals surface area contributed by atoms with Crippen molar-refractivity contribution in [3.8, 4) is 0 Å². The van der Waals surface area contributed by atoms with Crippen LogP contribution in [0.15, 0.2) is 30.3 Å². The summed E-state index contributed by atoms with van der Waals surface area (Å²) in [6.07, 6.45) is 1.18. The number of hydrogen-bond acceptors (Lipinski definition) is 3. The first-order valence-electron chi connectivity index (χ1n) is 6.81. The van der Waals surface area contributed by atoms with E-state index in [9.17, 15) is 19.5 Å². The van der Waals surface area contributed by atoms with Crippen LogP contribution in [0.5, 0.6) is 0 Å². The van der Waals surface area contributed by atoms with Crippen LogP contribution in [0.4, 0.5) is 0 Å². The summed E-state index contributed by atoms with van der Waals surface area (Å²) in [5.74, 6) is -1.68. The van der Waals surface area contributed by atoms with Crippen molar-refractivity contribution in [1.29, 1.82) is 0 Å². The highest BCUT2D eigenvalue weighted by Gasteiger charge is 2.37. The first-order chi connectivity index (χ1) is 9.93. The van der Waals surface area contributed by atoms with Crippen LogP contribution in [0.2, 0.25) is 0 Å². The third-order valence-electron chi connectivity index (χ3n) is 3.67. The maximum absolute atomic E-state index is 12.1. The minimum Gasteiger partial charge on any atom is -0.479 e. The van der Waals surface area contributed by atoms with Gasteiger partial charge in [-0.3, -0.25) is 9.59 Å². The molecule has 6 nitrogen and oxygen atoms in total. The summed E-state index contributed by atoms with van der Waals surface area (Å²) in [7, 11) is 0. The summed E-state index contributed by atoms with van der Waals surface area (Å²) in [5, 5.41) is 12.0. The van der Waals surface area contributed by atoms with E-state index in [2.05, 4.69) is 5.32 Å². The smallest absolute Gasteiger partial charge is 0.333 e. The zero-order valence-corrected chi connectivity index (χ0v) is 11.8. The van der Waals surface area contributed by atoms with Gasteiger partial charge >= 0.3 is 5.97 Å². The zero-order chi connectivity index (χ0) is 15.5. The molecule has 0 aromatic heterocycles. The highest BCUT2D eigenvalue weighted by molar-refractivity contribution is 5.90. The second-order valence-electron chi connectivity index (χ2n) is 5.26. The lowest BCUT2D eigenvalue weighted by molar-refractivity contribution is -0.147. The zero-order valence-electron chi connectivity index (χ0n) is 11.8. The van der Waals surface area contributed by atoms with Crippen LogP contribution in [0.25, 0.3) is 0 Å². The molecule has 2 rings (SSSR count). The number of rotatable bonds is 5. The molecule has 0 bridgehead atoms. The fraction of sp³-hybridized carbons (Fsp3) is 0.400. The van der Waals surface area contributed by atoms with Crippen LogP contribution in [-0.4, -0.2) is 40.9 Å². The van der Waals surface area contributed by atoms with E-state index in [1.54, 1.807) is 30.3 Å². The number of amides is 2. The van der Waals surface area contributed by atoms with Crippen LogP contribution in [0, 0.1) is 0 Å². The Bertz CT molecular complexity index is 558. The summed E-state index contributed by atoms with van der Waals surface area (Å²) in [6, 6.07) is 8.50. The quantitative estimate of drug-likeness (QED) is 0.836. The molecule has 112 valence electrons. The molecule has 6 heteroatoms. The first kappa shape index (κ1) is 15.0. The molecule has 2 amide bonds. The van der Waals surface area contributed by atoms with E-state index in [0.29, 0.717) is 18.5 Å². The summed E-state index contributed by atoms with van der Waals surface area (Å²) in [6.45, 7) is 1.88. The van der Waals surface area contributed by atoms with Gasteiger partial charge in [0.05, 0.1) is 6.54 Å². The van der Waals surface area contributed by atoms with Gasteiger partial charge in [0.1, 0.15) is 0 Å². The summed E-state index contributed by atoms with van der Waals surface area (Å²) >= 11 is 0. The lowest BCUT2D eigenvalue weighted by atomic mass is 9.92. The number of nitrogens with one attached hydrogen (secondary N) is 1. The monoisotopic (exact) mass is 290 g/mol. The van der Waals surface area contributed by atoms with Crippen LogP contribution in [-0.2, 0) is 19.9 Å². The largest absolute Gasteiger partial charge is 0.479 e. The van der Waals surface area contributed by atoms with Gasteiger partial charge in [0.25, 0.3) is 0 Å². The number of likely N-dealkylation sites (tertiary alicyclic amines) is 1. The third-order valence-corrected chi connectivity index (χ3v) is 3.67. The predicted octanol–water partition coefficient (Wildman–Crippen LogP) is 0.725. The van der Waals surface area contributed by atoms with Crippen molar-refractivity contribution in [2.75, 3.05) is 13.1 Å². The van der Waals surface area contributed by atoms with E-state index in [0.717, 1.165) is 6.42 Å². The van der Waals surface area contributed by atoms with Gasteiger partial charge in [-0.05, 0) is 18.9 Å². The first-order valence-corrected chi connectivity index (χ1v) is 6.81. The van der Waals surface area contributed by atoms with Gasteiger partial charge in [0.15, 0.2) is 5.54 Å². The normalized spacial score (nSPS) is 17.4.